The first-order chi connectivity index (χ1) is 5.74. The van der Waals surface area contributed by atoms with Crippen molar-refractivity contribution in [3.05, 3.63) is 22.3 Å². The molecule has 0 aromatic carbocycles. The van der Waals surface area contributed by atoms with E-state index in [9.17, 15) is 0 Å². The van der Waals surface area contributed by atoms with Gasteiger partial charge in [-0.05, 0) is 40.9 Å². The minimum absolute atomic E-state index is 0.982. The molecule has 66 valence electrons. The lowest BCUT2D eigenvalue weighted by atomic mass is 10.3. The van der Waals surface area contributed by atoms with E-state index in [1.54, 1.807) is 0 Å². The number of aromatic nitrogens is 1. The Balaban J connectivity index is 2.72. The number of aryl methyl sites for hydroxylation is 1. The second-order valence-corrected chi connectivity index (χ2v) is 3.66. The largest absolute Gasteiger partial charge is 0.370 e. The Labute approximate surface area is 81.5 Å². The summed E-state index contributed by atoms with van der Waals surface area (Å²) in [4.78, 5) is 4.26. The van der Waals surface area contributed by atoms with Gasteiger partial charge in [-0.3, -0.25) is 0 Å². The molecule has 1 aromatic heterocycles. The highest BCUT2D eigenvalue weighted by atomic mass is 79.9. The predicted octanol–water partition coefficient (Wildman–Crippen LogP) is 2.97. The third kappa shape index (κ3) is 2.48. The molecule has 0 fully saturated rings. The molecule has 3 heteroatoms. The van der Waals surface area contributed by atoms with Crippen LogP contribution in [0, 0.1) is 6.92 Å². The van der Waals surface area contributed by atoms with E-state index >= 15 is 0 Å². The van der Waals surface area contributed by atoms with Crippen LogP contribution in [0.4, 0.5) is 5.82 Å². The van der Waals surface area contributed by atoms with Crippen molar-refractivity contribution in [2.75, 3.05) is 11.9 Å². The number of nitrogens with one attached hydrogen (secondary N) is 1. The van der Waals surface area contributed by atoms with Crippen LogP contribution in [0.15, 0.2) is 16.7 Å². The van der Waals surface area contributed by atoms with E-state index in [-0.39, 0.29) is 0 Å². The van der Waals surface area contributed by atoms with Crippen LogP contribution in [0.25, 0.3) is 0 Å². The highest BCUT2D eigenvalue weighted by molar-refractivity contribution is 9.10. The van der Waals surface area contributed by atoms with Crippen molar-refractivity contribution in [1.82, 2.24) is 4.98 Å². The van der Waals surface area contributed by atoms with Crippen molar-refractivity contribution in [2.45, 2.75) is 20.3 Å². The number of pyridine rings is 1. The summed E-state index contributed by atoms with van der Waals surface area (Å²) < 4.78 is 1.03. The van der Waals surface area contributed by atoms with Crippen molar-refractivity contribution in [2.24, 2.45) is 0 Å². The minimum Gasteiger partial charge on any atom is -0.370 e. The van der Waals surface area contributed by atoms with Gasteiger partial charge in [0.15, 0.2) is 0 Å². The van der Waals surface area contributed by atoms with Crippen molar-refractivity contribution in [3.63, 3.8) is 0 Å². The highest BCUT2D eigenvalue weighted by Crippen LogP contribution is 2.16. The smallest absolute Gasteiger partial charge is 0.128 e. The van der Waals surface area contributed by atoms with Gasteiger partial charge in [0.1, 0.15) is 5.82 Å². The number of nitrogens with zero attached hydrogens (tertiary/aromatic N) is 1. The lowest BCUT2D eigenvalue weighted by molar-refractivity contribution is 0.965. The van der Waals surface area contributed by atoms with Crippen molar-refractivity contribution < 1.29 is 0 Å². The van der Waals surface area contributed by atoms with Crippen LogP contribution in [0.1, 0.15) is 18.9 Å². The molecule has 1 rings (SSSR count). The van der Waals surface area contributed by atoms with Gasteiger partial charge in [0.25, 0.3) is 0 Å². The Hall–Kier alpha value is -0.570. The summed E-state index contributed by atoms with van der Waals surface area (Å²) in [7, 11) is 0. The molecule has 0 saturated carbocycles. The zero-order valence-electron chi connectivity index (χ0n) is 7.39. The number of hydrogen-bond donors (Lipinski definition) is 1. The highest BCUT2D eigenvalue weighted by Gasteiger charge is 1.97. The zero-order chi connectivity index (χ0) is 8.97. The molecule has 12 heavy (non-hydrogen) atoms. The summed E-state index contributed by atoms with van der Waals surface area (Å²) in [5, 5.41) is 3.26. The Morgan fingerprint density at radius 1 is 1.58 bits per heavy atom. The second kappa shape index (κ2) is 4.45. The number of rotatable bonds is 3. The molecule has 0 atom stereocenters. The Morgan fingerprint density at radius 3 is 2.92 bits per heavy atom. The summed E-state index contributed by atoms with van der Waals surface area (Å²) in [6.45, 7) is 5.17. The Morgan fingerprint density at radius 2 is 2.33 bits per heavy atom. The topological polar surface area (TPSA) is 24.9 Å². The van der Waals surface area contributed by atoms with Gasteiger partial charge in [-0.1, -0.05) is 6.92 Å². The van der Waals surface area contributed by atoms with E-state index in [0.717, 1.165) is 23.3 Å². The zero-order valence-corrected chi connectivity index (χ0v) is 8.98. The fraction of sp³-hybridized carbons (Fsp3) is 0.444. The summed E-state index contributed by atoms with van der Waals surface area (Å²) >= 11 is 3.37. The van der Waals surface area contributed by atoms with Crippen LogP contribution in [0.2, 0.25) is 0 Å². The monoisotopic (exact) mass is 228 g/mol. The normalized spacial score (nSPS) is 9.92. The van der Waals surface area contributed by atoms with Crippen LogP contribution in [0.3, 0.4) is 0 Å². The number of halogens is 1. The molecule has 1 aromatic rings. The molecule has 0 bridgehead atoms. The van der Waals surface area contributed by atoms with Gasteiger partial charge in [-0.15, -0.1) is 0 Å². The average molecular weight is 229 g/mol. The SMILES string of the molecule is CCCNc1ncc(Br)cc1C. The van der Waals surface area contributed by atoms with E-state index in [4.69, 9.17) is 0 Å². The first-order valence-electron chi connectivity index (χ1n) is 4.10. The van der Waals surface area contributed by atoms with E-state index in [1.165, 1.54) is 5.56 Å². The molecule has 1 N–H and O–H groups in total. The maximum Gasteiger partial charge on any atom is 0.128 e. The molecular formula is C9H13BrN2. The summed E-state index contributed by atoms with van der Waals surface area (Å²) in [6, 6.07) is 2.06. The molecule has 2 nitrogen and oxygen atoms in total. The lowest BCUT2D eigenvalue weighted by Gasteiger charge is -2.06. The van der Waals surface area contributed by atoms with E-state index in [2.05, 4.69) is 46.1 Å². The standard InChI is InChI=1S/C9H13BrN2/c1-3-4-11-9-7(2)5-8(10)6-12-9/h5-6H,3-4H2,1-2H3,(H,11,12). The summed E-state index contributed by atoms with van der Waals surface area (Å²) in [5.41, 5.74) is 1.18. The first-order valence-corrected chi connectivity index (χ1v) is 4.89. The lowest BCUT2D eigenvalue weighted by Crippen LogP contribution is -2.03. The van der Waals surface area contributed by atoms with E-state index in [1.807, 2.05) is 6.20 Å². The Bertz CT molecular complexity index is 261. The van der Waals surface area contributed by atoms with Gasteiger partial charge >= 0.3 is 0 Å². The molecular weight excluding hydrogens is 216 g/mol. The molecule has 0 amide bonds. The maximum absolute atomic E-state index is 4.26. The molecule has 0 aliphatic heterocycles. The summed E-state index contributed by atoms with van der Waals surface area (Å²) in [5.74, 6) is 0.986. The van der Waals surface area contributed by atoms with Crippen LogP contribution in [-0.2, 0) is 0 Å². The summed E-state index contributed by atoms with van der Waals surface area (Å²) in [6.07, 6.45) is 2.93. The Kier molecular flexibility index (Phi) is 3.53. The molecule has 0 radical (unpaired) electrons. The van der Waals surface area contributed by atoms with Crippen LogP contribution >= 0.6 is 15.9 Å². The van der Waals surface area contributed by atoms with Crippen molar-refractivity contribution in [3.8, 4) is 0 Å². The van der Waals surface area contributed by atoms with Crippen LogP contribution in [-0.4, -0.2) is 11.5 Å². The van der Waals surface area contributed by atoms with Crippen molar-refractivity contribution in [1.29, 1.82) is 0 Å². The van der Waals surface area contributed by atoms with Crippen LogP contribution < -0.4 is 5.32 Å². The minimum atomic E-state index is 0.982. The molecule has 0 aliphatic carbocycles. The predicted molar refractivity (Wildman–Crippen MR) is 55.5 cm³/mol. The molecule has 0 unspecified atom stereocenters. The average Bonchev–Trinajstić information content (AvgIpc) is 2.03. The fourth-order valence-corrected chi connectivity index (χ4v) is 1.41. The maximum atomic E-state index is 4.26. The molecule has 0 saturated heterocycles. The van der Waals surface area contributed by atoms with Gasteiger partial charge < -0.3 is 5.32 Å². The van der Waals surface area contributed by atoms with E-state index < -0.39 is 0 Å². The van der Waals surface area contributed by atoms with Gasteiger partial charge in [-0.25, -0.2) is 4.98 Å². The van der Waals surface area contributed by atoms with Gasteiger partial charge in [0.05, 0.1) is 0 Å². The second-order valence-electron chi connectivity index (χ2n) is 2.75. The third-order valence-corrected chi connectivity index (χ3v) is 2.02. The van der Waals surface area contributed by atoms with Crippen molar-refractivity contribution >= 4 is 21.7 Å². The van der Waals surface area contributed by atoms with Gasteiger partial charge in [0, 0.05) is 17.2 Å². The van der Waals surface area contributed by atoms with Crippen LogP contribution in [0.5, 0.6) is 0 Å². The number of hydrogen-bond acceptors (Lipinski definition) is 2. The van der Waals surface area contributed by atoms with Gasteiger partial charge in [0.2, 0.25) is 0 Å². The van der Waals surface area contributed by atoms with E-state index in [0.29, 0.717) is 0 Å². The first kappa shape index (κ1) is 9.52. The quantitative estimate of drug-likeness (QED) is 0.861. The molecule has 0 spiro atoms. The third-order valence-electron chi connectivity index (χ3n) is 1.59. The molecule has 0 aliphatic rings. The number of anilines is 1. The molecule has 1 heterocycles. The fourth-order valence-electron chi connectivity index (χ4n) is 0.969. The van der Waals surface area contributed by atoms with Gasteiger partial charge in [-0.2, -0.15) is 0 Å².